The van der Waals surface area contributed by atoms with Gasteiger partial charge in [0.25, 0.3) is 5.06 Å². The van der Waals surface area contributed by atoms with Crippen LogP contribution in [0.5, 0.6) is 0 Å². The fourth-order valence-corrected chi connectivity index (χ4v) is 2.33. The van der Waals surface area contributed by atoms with Gasteiger partial charge < -0.3 is 10.1 Å². The first-order chi connectivity index (χ1) is 7.23. The summed E-state index contributed by atoms with van der Waals surface area (Å²) in [6, 6.07) is 9.62. The zero-order chi connectivity index (χ0) is 10.7. The van der Waals surface area contributed by atoms with E-state index < -0.39 is 5.06 Å². The molecule has 0 amide bonds. The minimum Gasteiger partial charge on any atom is -0.425 e. The van der Waals surface area contributed by atoms with Crippen LogP contribution in [-0.2, 0) is 14.6 Å². The Morgan fingerprint density at radius 3 is 2.67 bits per heavy atom. The highest BCUT2D eigenvalue weighted by Gasteiger charge is 2.37. The molecule has 15 heavy (non-hydrogen) atoms. The number of ether oxygens (including phenoxy) is 1. The van der Waals surface area contributed by atoms with Crippen molar-refractivity contribution in [2.45, 2.75) is 12.0 Å². The Labute approximate surface area is 92.5 Å². The molecule has 1 unspecified atom stereocenters. The van der Waals surface area contributed by atoms with Gasteiger partial charge in [0.15, 0.2) is 0 Å². The molecule has 0 radical (unpaired) electrons. The van der Waals surface area contributed by atoms with Gasteiger partial charge in [0.05, 0.1) is 0 Å². The lowest BCUT2D eigenvalue weighted by atomic mass is 10.2. The van der Waals surface area contributed by atoms with Crippen LogP contribution in [0.4, 0.5) is 0 Å². The number of esters is 1. The number of rotatable bonds is 2. The van der Waals surface area contributed by atoms with E-state index in [2.05, 4.69) is 5.32 Å². The van der Waals surface area contributed by atoms with E-state index in [1.54, 1.807) is 6.20 Å². The quantitative estimate of drug-likeness (QED) is 0.777. The second kappa shape index (κ2) is 3.98. The van der Waals surface area contributed by atoms with Crippen molar-refractivity contribution in [3.8, 4) is 0 Å². The maximum atomic E-state index is 11.1. The number of thioether (sulfide) groups is 1. The average molecular weight is 221 g/mol. The molecule has 1 heterocycles. The number of carbonyl (C=O) groups is 1. The second-order valence-electron chi connectivity index (χ2n) is 3.14. The van der Waals surface area contributed by atoms with Gasteiger partial charge in [-0.3, -0.25) is 4.79 Å². The minimum absolute atomic E-state index is 0.303. The highest BCUT2D eigenvalue weighted by molar-refractivity contribution is 8.03. The lowest BCUT2D eigenvalue weighted by molar-refractivity contribution is -0.150. The number of benzene rings is 1. The summed E-state index contributed by atoms with van der Waals surface area (Å²) >= 11 is 1.44. The van der Waals surface area contributed by atoms with Crippen LogP contribution in [0.1, 0.15) is 12.5 Å². The SMILES string of the molecule is CC(=O)OC1(c2ccccc2)NC=CS1. The molecule has 0 fully saturated rings. The number of hydrogen-bond acceptors (Lipinski definition) is 4. The highest BCUT2D eigenvalue weighted by atomic mass is 32.2. The molecule has 0 aliphatic carbocycles. The molecule has 78 valence electrons. The Balaban J connectivity index is 2.31. The van der Waals surface area contributed by atoms with Crippen molar-refractivity contribution >= 4 is 17.7 Å². The Hall–Kier alpha value is -1.42. The van der Waals surface area contributed by atoms with E-state index in [1.165, 1.54) is 18.7 Å². The fraction of sp³-hybridized carbons (Fsp3) is 0.182. The van der Waals surface area contributed by atoms with Gasteiger partial charge in [-0.15, -0.1) is 0 Å². The standard InChI is InChI=1S/C11H11NO2S/c1-9(13)14-11(12-7-8-15-11)10-5-3-2-4-6-10/h2-8,12H,1H3. The van der Waals surface area contributed by atoms with Crippen LogP contribution in [0.2, 0.25) is 0 Å². The normalized spacial score (nSPS) is 23.5. The molecule has 1 aliphatic heterocycles. The zero-order valence-corrected chi connectivity index (χ0v) is 9.08. The fourth-order valence-electron chi connectivity index (χ4n) is 1.43. The van der Waals surface area contributed by atoms with Crippen LogP contribution in [0, 0.1) is 0 Å². The molecule has 0 saturated carbocycles. The Morgan fingerprint density at radius 2 is 2.13 bits per heavy atom. The van der Waals surface area contributed by atoms with Gasteiger partial charge in [0, 0.05) is 18.7 Å². The van der Waals surface area contributed by atoms with E-state index in [-0.39, 0.29) is 5.97 Å². The van der Waals surface area contributed by atoms with Crippen molar-refractivity contribution in [2.75, 3.05) is 0 Å². The molecular weight excluding hydrogens is 210 g/mol. The zero-order valence-electron chi connectivity index (χ0n) is 8.27. The van der Waals surface area contributed by atoms with Crippen LogP contribution < -0.4 is 5.32 Å². The molecule has 1 N–H and O–H groups in total. The van der Waals surface area contributed by atoms with Gasteiger partial charge in [0.1, 0.15) is 0 Å². The molecule has 0 bridgehead atoms. The predicted octanol–water partition coefficient (Wildman–Crippen LogP) is 2.17. The molecule has 0 spiro atoms. The summed E-state index contributed by atoms with van der Waals surface area (Å²) in [4.78, 5) is 11.1. The first-order valence-electron chi connectivity index (χ1n) is 4.58. The van der Waals surface area contributed by atoms with Crippen LogP contribution in [0.15, 0.2) is 41.9 Å². The predicted molar refractivity (Wildman–Crippen MR) is 59.8 cm³/mol. The van der Waals surface area contributed by atoms with E-state index in [4.69, 9.17) is 4.74 Å². The number of carbonyl (C=O) groups excluding carboxylic acids is 1. The van der Waals surface area contributed by atoms with Crippen LogP contribution in [0.3, 0.4) is 0 Å². The highest BCUT2D eigenvalue weighted by Crippen LogP contribution is 2.39. The lowest BCUT2D eigenvalue weighted by Gasteiger charge is -2.28. The Kier molecular flexibility index (Phi) is 2.68. The molecule has 1 aliphatic rings. The van der Waals surface area contributed by atoms with Crippen LogP contribution >= 0.6 is 11.8 Å². The molecule has 1 atom stereocenters. The van der Waals surface area contributed by atoms with E-state index in [1.807, 2.05) is 35.7 Å². The van der Waals surface area contributed by atoms with Gasteiger partial charge >= 0.3 is 5.97 Å². The first kappa shape index (κ1) is 10.1. The summed E-state index contributed by atoms with van der Waals surface area (Å²) in [5, 5.41) is 4.14. The topological polar surface area (TPSA) is 38.3 Å². The van der Waals surface area contributed by atoms with Gasteiger partial charge in [-0.25, -0.2) is 0 Å². The van der Waals surface area contributed by atoms with E-state index in [0.717, 1.165) is 5.56 Å². The molecular formula is C11H11NO2S. The van der Waals surface area contributed by atoms with E-state index in [0.29, 0.717) is 0 Å². The summed E-state index contributed by atoms with van der Waals surface area (Å²) in [7, 11) is 0. The monoisotopic (exact) mass is 221 g/mol. The minimum atomic E-state index is -0.785. The molecule has 3 nitrogen and oxygen atoms in total. The summed E-state index contributed by atoms with van der Waals surface area (Å²) in [6.07, 6.45) is 1.78. The summed E-state index contributed by atoms with van der Waals surface area (Å²) in [5.41, 5.74) is 0.926. The van der Waals surface area contributed by atoms with Gasteiger partial charge in [-0.2, -0.15) is 0 Å². The Morgan fingerprint density at radius 1 is 1.40 bits per heavy atom. The van der Waals surface area contributed by atoms with Gasteiger partial charge in [-0.05, 0) is 5.41 Å². The van der Waals surface area contributed by atoms with Crippen LogP contribution in [-0.4, -0.2) is 5.97 Å². The molecule has 0 aromatic heterocycles. The van der Waals surface area contributed by atoms with E-state index in [9.17, 15) is 4.79 Å². The van der Waals surface area contributed by atoms with Crippen LogP contribution in [0.25, 0.3) is 0 Å². The third-order valence-corrected chi connectivity index (χ3v) is 3.06. The smallest absolute Gasteiger partial charge is 0.305 e. The summed E-state index contributed by atoms with van der Waals surface area (Å²) < 4.78 is 5.34. The first-order valence-corrected chi connectivity index (χ1v) is 5.46. The van der Waals surface area contributed by atoms with Gasteiger partial charge in [-0.1, -0.05) is 42.1 Å². The number of nitrogens with one attached hydrogen (secondary N) is 1. The molecule has 0 saturated heterocycles. The maximum absolute atomic E-state index is 11.1. The second-order valence-corrected chi connectivity index (χ2v) is 4.22. The maximum Gasteiger partial charge on any atom is 0.305 e. The van der Waals surface area contributed by atoms with Crippen molar-refractivity contribution in [3.05, 3.63) is 47.5 Å². The van der Waals surface area contributed by atoms with Crippen molar-refractivity contribution in [3.63, 3.8) is 0 Å². The van der Waals surface area contributed by atoms with Gasteiger partial charge in [0.2, 0.25) is 0 Å². The van der Waals surface area contributed by atoms with Crippen molar-refractivity contribution in [1.82, 2.24) is 5.32 Å². The van der Waals surface area contributed by atoms with Crippen molar-refractivity contribution in [1.29, 1.82) is 0 Å². The molecule has 2 rings (SSSR count). The third kappa shape index (κ3) is 1.99. The number of hydrogen-bond donors (Lipinski definition) is 1. The van der Waals surface area contributed by atoms with E-state index >= 15 is 0 Å². The summed E-state index contributed by atoms with van der Waals surface area (Å²) in [6.45, 7) is 1.41. The lowest BCUT2D eigenvalue weighted by Crippen LogP contribution is -2.37. The largest absolute Gasteiger partial charge is 0.425 e. The third-order valence-electron chi connectivity index (χ3n) is 2.02. The average Bonchev–Trinajstić information content (AvgIpc) is 2.68. The van der Waals surface area contributed by atoms with Crippen molar-refractivity contribution < 1.29 is 9.53 Å². The van der Waals surface area contributed by atoms with Crippen molar-refractivity contribution in [2.24, 2.45) is 0 Å². The molecule has 4 heteroatoms. The molecule has 1 aromatic carbocycles. The Bertz CT molecular complexity index is 381. The summed E-state index contributed by atoms with van der Waals surface area (Å²) in [5.74, 6) is -0.303. The molecule has 1 aromatic rings.